The van der Waals surface area contributed by atoms with E-state index >= 15 is 0 Å². The molecule has 0 spiro atoms. The molecule has 0 bridgehead atoms. The van der Waals surface area contributed by atoms with Crippen molar-refractivity contribution >= 4 is 11.4 Å². The second-order valence-electron chi connectivity index (χ2n) is 5.92. The summed E-state index contributed by atoms with van der Waals surface area (Å²) >= 11 is 0. The van der Waals surface area contributed by atoms with Crippen LogP contribution in [0.3, 0.4) is 0 Å². The van der Waals surface area contributed by atoms with Crippen molar-refractivity contribution in [2.24, 2.45) is 0 Å². The molecule has 0 saturated heterocycles. The van der Waals surface area contributed by atoms with Crippen molar-refractivity contribution in [2.75, 3.05) is 19.4 Å². The molecule has 0 radical (unpaired) electrons. The number of anilines is 1. The van der Waals surface area contributed by atoms with E-state index in [9.17, 15) is 10.1 Å². The lowest BCUT2D eigenvalue weighted by Gasteiger charge is -2.27. The molecule has 5 nitrogen and oxygen atoms in total. The van der Waals surface area contributed by atoms with Gasteiger partial charge in [0, 0.05) is 25.7 Å². The van der Waals surface area contributed by atoms with Gasteiger partial charge in [0.2, 0.25) is 0 Å². The van der Waals surface area contributed by atoms with Crippen molar-refractivity contribution in [1.29, 1.82) is 0 Å². The minimum atomic E-state index is -0.343. The Hall–Kier alpha value is -1.62. The maximum atomic E-state index is 11.0. The molecule has 1 N–H and O–H groups in total. The second-order valence-corrected chi connectivity index (χ2v) is 5.92. The van der Waals surface area contributed by atoms with E-state index in [0.29, 0.717) is 11.7 Å². The number of nitrogens with zero attached hydrogens (tertiary/aromatic N) is 2. The molecule has 116 valence electrons. The molecule has 0 atom stereocenters. The summed E-state index contributed by atoms with van der Waals surface area (Å²) in [5.41, 5.74) is 1.85. The Morgan fingerprint density at radius 1 is 1.29 bits per heavy atom. The van der Waals surface area contributed by atoms with Crippen LogP contribution >= 0.6 is 0 Å². The van der Waals surface area contributed by atoms with Crippen LogP contribution in [-0.4, -0.2) is 30.0 Å². The van der Waals surface area contributed by atoms with E-state index in [0.717, 1.165) is 12.1 Å². The van der Waals surface area contributed by atoms with E-state index in [2.05, 4.69) is 17.3 Å². The number of nitro benzene ring substituents is 1. The highest BCUT2D eigenvalue weighted by Gasteiger charge is 2.18. The predicted octanol–water partition coefficient (Wildman–Crippen LogP) is 3.79. The smallest absolute Gasteiger partial charge is 0.292 e. The summed E-state index contributed by atoms with van der Waals surface area (Å²) in [6.45, 7) is 0.845. The third kappa shape index (κ3) is 4.17. The lowest BCUT2D eigenvalue weighted by Crippen LogP contribution is -2.30. The predicted molar refractivity (Wildman–Crippen MR) is 85.6 cm³/mol. The fourth-order valence-electron chi connectivity index (χ4n) is 3.16. The molecule has 0 unspecified atom stereocenters. The molecule has 1 aromatic carbocycles. The minimum absolute atomic E-state index is 0.137. The second kappa shape index (κ2) is 7.41. The Morgan fingerprint density at radius 2 is 1.95 bits per heavy atom. The van der Waals surface area contributed by atoms with E-state index in [-0.39, 0.29) is 10.6 Å². The zero-order valence-electron chi connectivity index (χ0n) is 13.0. The van der Waals surface area contributed by atoms with Gasteiger partial charge in [-0.15, -0.1) is 0 Å². The molecule has 0 amide bonds. The molecule has 0 aromatic heterocycles. The summed E-state index contributed by atoms with van der Waals surface area (Å²) < 4.78 is 0. The Bertz CT molecular complexity index is 482. The lowest BCUT2D eigenvalue weighted by atomic mass is 10.1. The topological polar surface area (TPSA) is 58.4 Å². The summed E-state index contributed by atoms with van der Waals surface area (Å²) in [6.07, 6.45) is 7.87. The van der Waals surface area contributed by atoms with Gasteiger partial charge in [-0.3, -0.25) is 15.0 Å². The summed E-state index contributed by atoms with van der Waals surface area (Å²) in [7, 11) is 3.89. The van der Waals surface area contributed by atoms with Crippen LogP contribution < -0.4 is 5.32 Å². The van der Waals surface area contributed by atoms with Gasteiger partial charge in [0.25, 0.3) is 5.69 Å². The van der Waals surface area contributed by atoms with Gasteiger partial charge >= 0.3 is 0 Å². The molecular formula is C16H25N3O2. The van der Waals surface area contributed by atoms with Crippen LogP contribution in [0.25, 0.3) is 0 Å². The standard InChI is InChI=1S/C16H25N3O2/c1-17-15-11-13(9-10-16(15)19(20)21)12-18(2)14-7-5-3-4-6-8-14/h9-11,14,17H,3-8,12H2,1-2H3. The van der Waals surface area contributed by atoms with E-state index in [1.54, 1.807) is 13.1 Å². The molecule has 5 heteroatoms. The molecule has 1 aromatic rings. The van der Waals surface area contributed by atoms with E-state index in [4.69, 9.17) is 0 Å². The van der Waals surface area contributed by atoms with Crippen LogP contribution in [0, 0.1) is 10.1 Å². The highest BCUT2D eigenvalue weighted by Crippen LogP contribution is 2.27. The normalized spacial score (nSPS) is 16.7. The first-order valence-corrected chi connectivity index (χ1v) is 7.77. The quantitative estimate of drug-likeness (QED) is 0.509. The summed E-state index contributed by atoms with van der Waals surface area (Å²) in [4.78, 5) is 13.0. The Balaban J connectivity index is 2.06. The zero-order valence-corrected chi connectivity index (χ0v) is 13.0. The van der Waals surface area contributed by atoms with Crippen molar-refractivity contribution < 1.29 is 4.92 Å². The SMILES string of the molecule is CNc1cc(CN(C)C2CCCCCC2)ccc1[N+](=O)[O-]. The maximum Gasteiger partial charge on any atom is 0.292 e. The number of nitro groups is 1. The number of hydrogen-bond acceptors (Lipinski definition) is 4. The number of benzene rings is 1. The minimum Gasteiger partial charge on any atom is -0.383 e. The van der Waals surface area contributed by atoms with Gasteiger partial charge in [-0.25, -0.2) is 0 Å². The van der Waals surface area contributed by atoms with Gasteiger partial charge in [0.05, 0.1) is 4.92 Å². The summed E-state index contributed by atoms with van der Waals surface area (Å²) in [6, 6.07) is 6.00. The molecule has 1 aliphatic carbocycles. The van der Waals surface area contributed by atoms with Crippen molar-refractivity contribution in [3.8, 4) is 0 Å². The fraction of sp³-hybridized carbons (Fsp3) is 0.625. The van der Waals surface area contributed by atoms with E-state index in [1.165, 1.54) is 38.5 Å². The van der Waals surface area contributed by atoms with Crippen LogP contribution in [-0.2, 0) is 6.54 Å². The van der Waals surface area contributed by atoms with Crippen LogP contribution in [0.4, 0.5) is 11.4 Å². The third-order valence-electron chi connectivity index (χ3n) is 4.41. The highest BCUT2D eigenvalue weighted by atomic mass is 16.6. The Morgan fingerprint density at radius 3 is 2.52 bits per heavy atom. The molecule has 21 heavy (non-hydrogen) atoms. The van der Waals surface area contributed by atoms with Gasteiger partial charge < -0.3 is 5.32 Å². The number of rotatable bonds is 5. The number of hydrogen-bond donors (Lipinski definition) is 1. The average molecular weight is 291 g/mol. The average Bonchev–Trinajstić information content (AvgIpc) is 2.75. The summed E-state index contributed by atoms with van der Waals surface area (Å²) in [5, 5.41) is 13.9. The van der Waals surface area contributed by atoms with Gasteiger partial charge in [-0.05, 0) is 31.5 Å². The molecular weight excluding hydrogens is 266 g/mol. The maximum absolute atomic E-state index is 11.0. The number of nitrogens with one attached hydrogen (secondary N) is 1. The molecule has 1 aliphatic rings. The monoisotopic (exact) mass is 291 g/mol. The Kier molecular flexibility index (Phi) is 5.56. The van der Waals surface area contributed by atoms with E-state index in [1.807, 2.05) is 12.1 Å². The molecule has 1 saturated carbocycles. The fourth-order valence-corrected chi connectivity index (χ4v) is 3.16. The van der Waals surface area contributed by atoms with Crippen molar-refractivity contribution in [2.45, 2.75) is 51.1 Å². The van der Waals surface area contributed by atoms with E-state index < -0.39 is 0 Å². The molecule has 2 rings (SSSR count). The molecule has 1 fully saturated rings. The van der Waals surface area contributed by atoms with Gasteiger partial charge in [-0.2, -0.15) is 0 Å². The van der Waals surface area contributed by atoms with Crippen molar-refractivity contribution in [3.05, 3.63) is 33.9 Å². The lowest BCUT2D eigenvalue weighted by molar-refractivity contribution is -0.384. The van der Waals surface area contributed by atoms with Crippen LogP contribution in [0.2, 0.25) is 0 Å². The van der Waals surface area contributed by atoms with Gasteiger partial charge in [0.15, 0.2) is 0 Å². The highest BCUT2D eigenvalue weighted by molar-refractivity contribution is 5.62. The van der Waals surface area contributed by atoms with Crippen LogP contribution in [0.5, 0.6) is 0 Å². The molecule has 0 heterocycles. The van der Waals surface area contributed by atoms with Crippen LogP contribution in [0.1, 0.15) is 44.1 Å². The van der Waals surface area contributed by atoms with Gasteiger partial charge in [0.1, 0.15) is 5.69 Å². The first-order chi connectivity index (χ1) is 10.1. The van der Waals surface area contributed by atoms with Crippen LogP contribution in [0.15, 0.2) is 18.2 Å². The zero-order chi connectivity index (χ0) is 15.2. The largest absolute Gasteiger partial charge is 0.383 e. The third-order valence-corrected chi connectivity index (χ3v) is 4.41. The first-order valence-electron chi connectivity index (χ1n) is 7.77. The van der Waals surface area contributed by atoms with Crippen molar-refractivity contribution in [1.82, 2.24) is 4.90 Å². The molecule has 0 aliphatic heterocycles. The van der Waals surface area contributed by atoms with Gasteiger partial charge in [-0.1, -0.05) is 31.7 Å². The summed E-state index contributed by atoms with van der Waals surface area (Å²) in [5.74, 6) is 0. The Labute approximate surface area is 126 Å². The first kappa shape index (κ1) is 15.8. The van der Waals surface area contributed by atoms with Crippen molar-refractivity contribution in [3.63, 3.8) is 0 Å².